The van der Waals surface area contributed by atoms with Crippen molar-refractivity contribution < 1.29 is 9.53 Å². The van der Waals surface area contributed by atoms with Crippen LogP contribution in [0.3, 0.4) is 0 Å². The molecule has 1 aromatic carbocycles. The molecular weight excluding hydrogens is 262 g/mol. The lowest BCUT2D eigenvalue weighted by Gasteiger charge is -2.39. The molecule has 21 heavy (non-hydrogen) atoms. The molecule has 1 aromatic rings. The van der Waals surface area contributed by atoms with Crippen molar-refractivity contribution in [2.75, 3.05) is 13.1 Å². The Bertz CT molecular complexity index is 499. The number of piperidine rings is 1. The van der Waals surface area contributed by atoms with Gasteiger partial charge in [-0.15, -0.1) is 0 Å². The minimum atomic E-state index is -0.248. The summed E-state index contributed by atoms with van der Waals surface area (Å²) in [6.07, 6.45) is 3.16. The smallest absolute Gasteiger partial charge is 0.313 e. The van der Waals surface area contributed by atoms with E-state index in [0.717, 1.165) is 32.5 Å². The van der Waals surface area contributed by atoms with Gasteiger partial charge in [-0.3, -0.25) is 9.69 Å². The third kappa shape index (κ3) is 3.13. The van der Waals surface area contributed by atoms with Gasteiger partial charge in [-0.2, -0.15) is 0 Å². The standard InChI is InChI=1S/C18H25NO2/c1-14(2)21-17(20)18-9-8-16(10-18)12-19(13-18)11-15-6-4-3-5-7-15/h3-7,14,16H,8-13H2,1-2H3. The maximum absolute atomic E-state index is 12.5. The Morgan fingerprint density at radius 2 is 2.14 bits per heavy atom. The summed E-state index contributed by atoms with van der Waals surface area (Å²) in [6, 6.07) is 10.5. The highest BCUT2D eigenvalue weighted by Crippen LogP contribution is 2.47. The van der Waals surface area contributed by atoms with Gasteiger partial charge in [-0.1, -0.05) is 30.3 Å². The average molecular weight is 287 g/mol. The molecule has 1 saturated carbocycles. The van der Waals surface area contributed by atoms with E-state index < -0.39 is 0 Å². The maximum Gasteiger partial charge on any atom is 0.313 e. The number of fused-ring (bicyclic) bond motifs is 2. The maximum atomic E-state index is 12.5. The molecular formula is C18H25NO2. The van der Waals surface area contributed by atoms with E-state index in [4.69, 9.17) is 4.74 Å². The van der Waals surface area contributed by atoms with Gasteiger partial charge in [-0.25, -0.2) is 0 Å². The van der Waals surface area contributed by atoms with E-state index in [9.17, 15) is 4.79 Å². The van der Waals surface area contributed by atoms with Crippen molar-refractivity contribution >= 4 is 5.97 Å². The molecule has 0 amide bonds. The van der Waals surface area contributed by atoms with Crippen LogP contribution < -0.4 is 0 Å². The highest BCUT2D eigenvalue weighted by atomic mass is 16.5. The van der Waals surface area contributed by atoms with Crippen LogP contribution in [0.5, 0.6) is 0 Å². The Kier molecular flexibility index (Phi) is 4.03. The largest absolute Gasteiger partial charge is 0.463 e. The summed E-state index contributed by atoms with van der Waals surface area (Å²) in [5.74, 6) is 0.680. The molecule has 2 fully saturated rings. The molecule has 2 bridgehead atoms. The van der Waals surface area contributed by atoms with Gasteiger partial charge in [0, 0.05) is 19.6 Å². The molecule has 1 aliphatic carbocycles. The van der Waals surface area contributed by atoms with Gasteiger partial charge >= 0.3 is 5.97 Å². The Morgan fingerprint density at radius 1 is 1.38 bits per heavy atom. The highest BCUT2D eigenvalue weighted by molar-refractivity contribution is 5.78. The van der Waals surface area contributed by atoms with Crippen molar-refractivity contribution in [2.45, 2.75) is 45.8 Å². The number of hydrogen-bond acceptors (Lipinski definition) is 3. The minimum absolute atomic E-state index is 0.0181. The second-order valence-electron chi connectivity index (χ2n) is 7.00. The summed E-state index contributed by atoms with van der Waals surface area (Å²) in [5.41, 5.74) is 1.08. The van der Waals surface area contributed by atoms with Gasteiger partial charge in [0.15, 0.2) is 0 Å². The average Bonchev–Trinajstić information content (AvgIpc) is 2.76. The molecule has 3 rings (SSSR count). The number of benzene rings is 1. The van der Waals surface area contributed by atoms with Crippen LogP contribution >= 0.6 is 0 Å². The van der Waals surface area contributed by atoms with E-state index in [1.54, 1.807) is 0 Å². The number of rotatable bonds is 4. The van der Waals surface area contributed by atoms with E-state index in [1.807, 2.05) is 19.9 Å². The Morgan fingerprint density at radius 3 is 2.86 bits per heavy atom. The summed E-state index contributed by atoms with van der Waals surface area (Å²) < 4.78 is 5.54. The molecule has 0 spiro atoms. The fourth-order valence-corrected chi connectivity index (χ4v) is 3.95. The van der Waals surface area contributed by atoms with Crippen LogP contribution in [-0.2, 0) is 16.1 Å². The summed E-state index contributed by atoms with van der Waals surface area (Å²) in [4.78, 5) is 15.0. The summed E-state index contributed by atoms with van der Waals surface area (Å²) in [7, 11) is 0. The zero-order valence-corrected chi connectivity index (χ0v) is 13.0. The quantitative estimate of drug-likeness (QED) is 0.796. The first kappa shape index (κ1) is 14.6. The van der Waals surface area contributed by atoms with Gasteiger partial charge in [-0.05, 0) is 44.6 Å². The van der Waals surface area contributed by atoms with Gasteiger partial charge in [0.1, 0.15) is 0 Å². The van der Waals surface area contributed by atoms with Gasteiger partial charge in [0.2, 0.25) is 0 Å². The fourth-order valence-electron chi connectivity index (χ4n) is 3.95. The molecule has 3 nitrogen and oxygen atoms in total. The van der Waals surface area contributed by atoms with Crippen molar-refractivity contribution in [3.05, 3.63) is 35.9 Å². The molecule has 1 aliphatic heterocycles. The molecule has 2 atom stereocenters. The first-order chi connectivity index (χ1) is 10.1. The molecule has 1 heterocycles. The molecule has 1 saturated heterocycles. The zero-order valence-electron chi connectivity index (χ0n) is 13.0. The van der Waals surface area contributed by atoms with E-state index in [-0.39, 0.29) is 17.5 Å². The number of carbonyl (C=O) groups excluding carboxylic acids is 1. The highest BCUT2D eigenvalue weighted by Gasteiger charge is 2.51. The Balaban J connectivity index is 1.71. The van der Waals surface area contributed by atoms with Crippen LogP contribution in [0.2, 0.25) is 0 Å². The number of ether oxygens (including phenoxy) is 1. The van der Waals surface area contributed by atoms with E-state index >= 15 is 0 Å². The normalized spacial score (nSPS) is 28.8. The third-order valence-corrected chi connectivity index (χ3v) is 4.78. The molecule has 2 aliphatic rings. The molecule has 2 unspecified atom stereocenters. The van der Waals surface area contributed by atoms with Gasteiger partial charge in [0.25, 0.3) is 0 Å². The summed E-state index contributed by atoms with van der Waals surface area (Å²) in [5, 5.41) is 0. The lowest BCUT2D eigenvalue weighted by atomic mass is 9.81. The van der Waals surface area contributed by atoms with E-state index in [2.05, 4.69) is 29.2 Å². The summed E-state index contributed by atoms with van der Waals surface area (Å²) in [6.45, 7) is 6.78. The Labute approximate surface area is 127 Å². The van der Waals surface area contributed by atoms with Crippen molar-refractivity contribution in [3.8, 4) is 0 Å². The van der Waals surface area contributed by atoms with Crippen molar-refractivity contribution in [1.29, 1.82) is 0 Å². The number of nitrogens with zero attached hydrogens (tertiary/aromatic N) is 1. The topological polar surface area (TPSA) is 29.5 Å². The fraction of sp³-hybridized carbons (Fsp3) is 0.611. The van der Waals surface area contributed by atoms with E-state index in [1.165, 1.54) is 12.0 Å². The number of carbonyl (C=O) groups is 1. The zero-order chi connectivity index (χ0) is 14.9. The van der Waals surface area contributed by atoms with E-state index in [0.29, 0.717) is 5.92 Å². The Hall–Kier alpha value is -1.35. The molecule has 0 N–H and O–H groups in total. The predicted octanol–water partition coefficient (Wildman–Crippen LogP) is 3.24. The van der Waals surface area contributed by atoms with Crippen LogP contribution in [0.25, 0.3) is 0 Å². The molecule has 114 valence electrons. The van der Waals surface area contributed by atoms with Crippen LogP contribution in [0.1, 0.15) is 38.7 Å². The SMILES string of the molecule is CC(C)OC(=O)C12CCC(CN(Cc3ccccc3)C1)C2. The number of likely N-dealkylation sites (tertiary alicyclic amines) is 1. The van der Waals surface area contributed by atoms with Gasteiger partial charge < -0.3 is 4.74 Å². The molecule has 0 aromatic heterocycles. The molecule has 0 radical (unpaired) electrons. The third-order valence-electron chi connectivity index (χ3n) is 4.78. The number of hydrogen-bond donors (Lipinski definition) is 0. The monoisotopic (exact) mass is 287 g/mol. The first-order valence-electron chi connectivity index (χ1n) is 8.05. The van der Waals surface area contributed by atoms with Crippen LogP contribution in [0, 0.1) is 11.3 Å². The predicted molar refractivity (Wildman–Crippen MR) is 82.7 cm³/mol. The lowest BCUT2D eigenvalue weighted by Crippen LogP contribution is -2.47. The lowest BCUT2D eigenvalue weighted by molar-refractivity contribution is -0.162. The second kappa shape index (κ2) is 5.80. The second-order valence-corrected chi connectivity index (χ2v) is 7.00. The molecule has 3 heteroatoms. The minimum Gasteiger partial charge on any atom is -0.463 e. The van der Waals surface area contributed by atoms with Crippen LogP contribution in [0.4, 0.5) is 0 Å². The first-order valence-corrected chi connectivity index (χ1v) is 8.05. The number of esters is 1. The van der Waals surface area contributed by atoms with Crippen LogP contribution in [0.15, 0.2) is 30.3 Å². The van der Waals surface area contributed by atoms with Crippen molar-refractivity contribution in [3.63, 3.8) is 0 Å². The van der Waals surface area contributed by atoms with Crippen molar-refractivity contribution in [2.24, 2.45) is 11.3 Å². The summed E-state index contributed by atoms with van der Waals surface area (Å²) >= 11 is 0. The van der Waals surface area contributed by atoms with Crippen molar-refractivity contribution in [1.82, 2.24) is 4.90 Å². The van der Waals surface area contributed by atoms with Gasteiger partial charge in [0.05, 0.1) is 11.5 Å². The van der Waals surface area contributed by atoms with Crippen LogP contribution in [-0.4, -0.2) is 30.1 Å².